The highest BCUT2D eigenvalue weighted by Crippen LogP contribution is 2.20. The zero-order valence-corrected chi connectivity index (χ0v) is 12.3. The van der Waals surface area contributed by atoms with E-state index in [2.05, 4.69) is 21.2 Å². The van der Waals surface area contributed by atoms with E-state index in [4.69, 9.17) is 5.73 Å². The van der Waals surface area contributed by atoms with Crippen LogP contribution in [0.1, 0.15) is 15.9 Å². The largest absolute Gasteiger partial charge is 0.330 e. The average molecular weight is 337 g/mol. The summed E-state index contributed by atoms with van der Waals surface area (Å²) >= 11 is 3.24. The van der Waals surface area contributed by atoms with Crippen molar-refractivity contribution in [3.63, 3.8) is 0 Å². The average Bonchev–Trinajstić information content (AvgIpc) is 2.44. The van der Waals surface area contributed by atoms with Crippen LogP contribution in [-0.4, -0.2) is 12.5 Å². The Kier molecular flexibility index (Phi) is 4.87. The fourth-order valence-corrected chi connectivity index (χ4v) is 2.14. The lowest BCUT2D eigenvalue weighted by Crippen LogP contribution is -2.13. The second-order valence-corrected chi connectivity index (χ2v) is 5.23. The van der Waals surface area contributed by atoms with Gasteiger partial charge in [-0.2, -0.15) is 0 Å². The maximum Gasteiger partial charge on any atom is 0.255 e. The Bertz CT molecular complexity index is 614. The minimum absolute atomic E-state index is 0.149. The zero-order valence-electron chi connectivity index (χ0n) is 10.7. The maximum atomic E-state index is 13.6. The van der Waals surface area contributed by atoms with Gasteiger partial charge in [0.15, 0.2) is 0 Å². The van der Waals surface area contributed by atoms with Crippen LogP contribution < -0.4 is 11.1 Å². The van der Waals surface area contributed by atoms with Gasteiger partial charge in [-0.25, -0.2) is 4.39 Å². The van der Waals surface area contributed by atoms with Crippen molar-refractivity contribution in [1.82, 2.24) is 0 Å². The second-order valence-electron chi connectivity index (χ2n) is 4.31. The molecule has 0 atom stereocenters. The van der Waals surface area contributed by atoms with Crippen molar-refractivity contribution in [2.75, 3.05) is 11.9 Å². The summed E-state index contributed by atoms with van der Waals surface area (Å²) in [4.78, 5) is 12.0. The summed E-state index contributed by atoms with van der Waals surface area (Å²) in [5.74, 6) is -0.817. The van der Waals surface area contributed by atoms with Crippen LogP contribution in [0.2, 0.25) is 0 Å². The number of nitrogens with one attached hydrogen (secondary N) is 1. The first-order valence-electron chi connectivity index (χ1n) is 6.15. The molecule has 0 radical (unpaired) electrons. The Morgan fingerprint density at radius 2 is 1.90 bits per heavy atom. The number of halogens is 2. The molecule has 5 heteroatoms. The molecule has 1 amide bonds. The van der Waals surface area contributed by atoms with Crippen LogP contribution in [0.3, 0.4) is 0 Å². The topological polar surface area (TPSA) is 55.1 Å². The normalized spacial score (nSPS) is 10.3. The van der Waals surface area contributed by atoms with E-state index in [1.54, 1.807) is 18.2 Å². The van der Waals surface area contributed by atoms with E-state index < -0.39 is 5.82 Å². The molecular weight excluding hydrogens is 323 g/mol. The lowest BCUT2D eigenvalue weighted by molar-refractivity contribution is 0.102. The van der Waals surface area contributed by atoms with Crippen molar-refractivity contribution in [2.45, 2.75) is 6.42 Å². The van der Waals surface area contributed by atoms with Crippen molar-refractivity contribution in [3.05, 3.63) is 63.9 Å². The predicted molar refractivity (Wildman–Crippen MR) is 81.3 cm³/mol. The van der Waals surface area contributed by atoms with E-state index >= 15 is 0 Å². The molecule has 104 valence electrons. The molecule has 0 heterocycles. The van der Waals surface area contributed by atoms with E-state index in [-0.39, 0.29) is 11.6 Å². The minimum atomic E-state index is -0.471. The van der Waals surface area contributed by atoms with Crippen molar-refractivity contribution in [1.29, 1.82) is 0 Å². The quantitative estimate of drug-likeness (QED) is 0.899. The molecule has 0 unspecified atom stereocenters. The fraction of sp³-hybridized carbons (Fsp3) is 0.133. The van der Waals surface area contributed by atoms with Crippen LogP contribution in [0.25, 0.3) is 0 Å². The van der Waals surface area contributed by atoms with Crippen LogP contribution in [0.4, 0.5) is 10.1 Å². The lowest BCUT2D eigenvalue weighted by atomic mass is 10.1. The number of amides is 1. The minimum Gasteiger partial charge on any atom is -0.330 e. The first kappa shape index (κ1) is 14.7. The Labute approximate surface area is 125 Å². The SMILES string of the molecule is NCCc1ccc(C(=O)Nc2cc(Br)ccc2F)cc1. The third kappa shape index (κ3) is 3.65. The lowest BCUT2D eigenvalue weighted by Gasteiger charge is -2.07. The molecule has 2 rings (SSSR count). The van der Waals surface area contributed by atoms with Crippen LogP contribution >= 0.6 is 15.9 Å². The number of carbonyl (C=O) groups excluding carboxylic acids is 1. The molecular formula is C15H14BrFN2O. The van der Waals surface area contributed by atoms with Gasteiger partial charge in [0.25, 0.3) is 5.91 Å². The van der Waals surface area contributed by atoms with Crippen LogP contribution in [-0.2, 0) is 6.42 Å². The number of hydrogen-bond donors (Lipinski definition) is 2. The van der Waals surface area contributed by atoms with Crippen LogP contribution in [0.15, 0.2) is 46.9 Å². The summed E-state index contributed by atoms with van der Waals surface area (Å²) in [6, 6.07) is 11.5. The number of nitrogens with two attached hydrogens (primary N) is 1. The van der Waals surface area contributed by atoms with Gasteiger partial charge in [-0.1, -0.05) is 28.1 Å². The molecule has 3 N–H and O–H groups in total. The van der Waals surface area contributed by atoms with Gasteiger partial charge >= 0.3 is 0 Å². The Hall–Kier alpha value is -1.72. The molecule has 0 bridgehead atoms. The number of carbonyl (C=O) groups is 1. The standard InChI is InChI=1S/C15H14BrFN2O/c16-12-5-6-13(17)14(9-12)19-15(20)11-3-1-10(2-4-11)7-8-18/h1-6,9H,7-8,18H2,(H,19,20). The monoisotopic (exact) mass is 336 g/mol. The predicted octanol–water partition coefficient (Wildman–Crippen LogP) is 3.34. The van der Waals surface area contributed by atoms with Crippen LogP contribution in [0.5, 0.6) is 0 Å². The first-order valence-corrected chi connectivity index (χ1v) is 6.95. The highest BCUT2D eigenvalue weighted by atomic mass is 79.9. The van der Waals surface area contributed by atoms with E-state index in [9.17, 15) is 9.18 Å². The van der Waals surface area contributed by atoms with E-state index in [1.165, 1.54) is 12.1 Å². The Morgan fingerprint density at radius 3 is 2.55 bits per heavy atom. The molecule has 3 nitrogen and oxygen atoms in total. The number of rotatable bonds is 4. The smallest absolute Gasteiger partial charge is 0.255 e. The molecule has 0 spiro atoms. The zero-order chi connectivity index (χ0) is 14.5. The van der Waals surface area contributed by atoms with Gasteiger partial charge in [-0.15, -0.1) is 0 Å². The third-order valence-electron chi connectivity index (χ3n) is 2.83. The first-order chi connectivity index (χ1) is 9.60. The van der Waals surface area contributed by atoms with Gasteiger partial charge in [0.1, 0.15) is 5.82 Å². The van der Waals surface area contributed by atoms with Gasteiger partial charge in [0, 0.05) is 10.0 Å². The molecule has 0 aliphatic heterocycles. The molecule has 0 aliphatic carbocycles. The molecule has 2 aromatic carbocycles. The van der Waals surface area contributed by atoms with Crippen molar-refractivity contribution < 1.29 is 9.18 Å². The van der Waals surface area contributed by atoms with Gasteiger partial charge in [-0.3, -0.25) is 4.79 Å². The number of hydrogen-bond acceptors (Lipinski definition) is 2. The van der Waals surface area contributed by atoms with E-state index in [0.717, 1.165) is 12.0 Å². The Balaban J connectivity index is 2.13. The molecule has 0 fully saturated rings. The van der Waals surface area contributed by atoms with Crippen molar-refractivity contribution >= 4 is 27.5 Å². The highest BCUT2D eigenvalue weighted by molar-refractivity contribution is 9.10. The summed E-state index contributed by atoms with van der Waals surface area (Å²) in [6.07, 6.45) is 0.766. The molecule has 0 saturated heterocycles. The Morgan fingerprint density at radius 1 is 1.20 bits per heavy atom. The second kappa shape index (κ2) is 6.63. The van der Waals surface area contributed by atoms with Crippen molar-refractivity contribution in [3.8, 4) is 0 Å². The third-order valence-corrected chi connectivity index (χ3v) is 3.32. The molecule has 20 heavy (non-hydrogen) atoms. The molecule has 0 aliphatic rings. The summed E-state index contributed by atoms with van der Waals surface area (Å²) in [6.45, 7) is 0.564. The van der Waals surface area contributed by atoms with Gasteiger partial charge < -0.3 is 11.1 Å². The summed E-state index contributed by atoms with van der Waals surface area (Å²) in [5.41, 5.74) is 7.16. The fourth-order valence-electron chi connectivity index (χ4n) is 1.78. The van der Waals surface area contributed by atoms with Crippen LogP contribution in [0, 0.1) is 5.82 Å². The number of benzene rings is 2. The molecule has 0 saturated carbocycles. The van der Waals surface area contributed by atoms with Gasteiger partial charge in [-0.05, 0) is 48.9 Å². The highest BCUT2D eigenvalue weighted by Gasteiger charge is 2.09. The van der Waals surface area contributed by atoms with Gasteiger partial charge in [0.2, 0.25) is 0 Å². The van der Waals surface area contributed by atoms with Gasteiger partial charge in [0.05, 0.1) is 5.69 Å². The van der Waals surface area contributed by atoms with E-state index in [1.807, 2.05) is 12.1 Å². The number of anilines is 1. The maximum absolute atomic E-state index is 13.6. The van der Waals surface area contributed by atoms with Crippen molar-refractivity contribution in [2.24, 2.45) is 5.73 Å². The molecule has 0 aromatic heterocycles. The van der Waals surface area contributed by atoms with E-state index in [0.29, 0.717) is 16.6 Å². The molecule has 2 aromatic rings. The summed E-state index contributed by atoms with van der Waals surface area (Å²) < 4.78 is 14.3. The summed E-state index contributed by atoms with van der Waals surface area (Å²) in [5, 5.41) is 2.55. The summed E-state index contributed by atoms with van der Waals surface area (Å²) in [7, 11) is 0.